The topological polar surface area (TPSA) is 50.3 Å². The van der Waals surface area contributed by atoms with Crippen LogP contribution in [0.1, 0.15) is 6.42 Å². The summed E-state index contributed by atoms with van der Waals surface area (Å²) in [6, 6.07) is 3.90. The highest BCUT2D eigenvalue weighted by molar-refractivity contribution is 14.1. The monoisotopic (exact) mass is 420 g/mol. The Morgan fingerprint density at radius 2 is 2.10 bits per heavy atom. The van der Waals surface area contributed by atoms with Crippen LogP contribution in [0.25, 0.3) is 10.9 Å². The molecule has 0 fully saturated rings. The number of anilines is 1. The van der Waals surface area contributed by atoms with Crippen LogP contribution >= 0.6 is 34.2 Å². The molecule has 0 aliphatic heterocycles. The lowest BCUT2D eigenvalue weighted by Gasteiger charge is -2.13. The van der Waals surface area contributed by atoms with E-state index in [9.17, 15) is 0 Å². The lowest BCUT2D eigenvalue weighted by atomic mass is 10.2. The third kappa shape index (κ3) is 4.31. The molecular weight excluding hydrogens is 403 g/mol. The van der Waals surface area contributed by atoms with Gasteiger partial charge in [-0.3, -0.25) is 0 Å². The molecule has 2 aromatic rings. The maximum absolute atomic E-state index is 6.01. The molecule has 0 saturated carbocycles. The summed E-state index contributed by atoms with van der Waals surface area (Å²) >= 11 is 8.23. The highest BCUT2D eigenvalue weighted by Gasteiger charge is 2.10. The Labute approximate surface area is 143 Å². The maximum atomic E-state index is 6.01. The van der Waals surface area contributed by atoms with E-state index < -0.39 is 0 Å². The Morgan fingerprint density at radius 3 is 2.76 bits per heavy atom. The molecule has 0 unspecified atom stereocenters. The SMILES string of the molecule is COc1cc2c(NCCCN(C)C)nc(Cl)nc2cc1I. The molecule has 0 radical (unpaired) electrons. The van der Waals surface area contributed by atoms with E-state index in [4.69, 9.17) is 16.3 Å². The first-order valence-electron chi connectivity index (χ1n) is 6.60. The van der Waals surface area contributed by atoms with Gasteiger partial charge >= 0.3 is 0 Å². The molecular formula is C14H18ClIN4O. The van der Waals surface area contributed by atoms with E-state index >= 15 is 0 Å². The van der Waals surface area contributed by atoms with E-state index in [1.165, 1.54) is 0 Å². The fourth-order valence-corrected chi connectivity index (χ4v) is 2.84. The molecule has 1 N–H and O–H groups in total. The van der Waals surface area contributed by atoms with Crippen LogP contribution in [0.15, 0.2) is 12.1 Å². The van der Waals surface area contributed by atoms with Crippen molar-refractivity contribution in [3.05, 3.63) is 21.0 Å². The summed E-state index contributed by atoms with van der Waals surface area (Å²) in [5.74, 6) is 1.56. The van der Waals surface area contributed by atoms with Crippen LogP contribution in [-0.2, 0) is 0 Å². The molecule has 0 saturated heterocycles. The molecule has 0 atom stereocenters. The fraction of sp³-hybridized carbons (Fsp3) is 0.429. The second-order valence-corrected chi connectivity index (χ2v) is 6.43. The lowest BCUT2D eigenvalue weighted by molar-refractivity contribution is 0.405. The van der Waals surface area contributed by atoms with Crippen molar-refractivity contribution in [1.29, 1.82) is 0 Å². The van der Waals surface area contributed by atoms with Gasteiger partial charge in [0.1, 0.15) is 11.6 Å². The number of rotatable bonds is 6. The summed E-state index contributed by atoms with van der Waals surface area (Å²) in [6.07, 6.45) is 1.03. The van der Waals surface area contributed by atoms with Crippen molar-refractivity contribution in [2.75, 3.05) is 39.6 Å². The van der Waals surface area contributed by atoms with Gasteiger partial charge in [-0.2, -0.15) is 0 Å². The third-order valence-electron chi connectivity index (χ3n) is 3.02. The molecule has 0 spiro atoms. The van der Waals surface area contributed by atoms with Gasteiger partial charge in [-0.05, 0) is 73.4 Å². The molecule has 0 aliphatic rings. The van der Waals surface area contributed by atoms with E-state index in [-0.39, 0.29) is 5.28 Å². The Kier molecular flexibility index (Phi) is 5.83. The first kappa shape index (κ1) is 16.5. The quantitative estimate of drug-likeness (QED) is 0.442. The zero-order valence-electron chi connectivity index (χ0n) is 12.3. The number of benzene rings is 1. The van der Waals surface area contributed by atoms with E-state index in [0.29, 0.717) is 0 Å². The number of methoxy groups -OCH3 is 1. The van der Waals surface area contributed by atoms with Crippen LogP contribution in [-0.4, -0.2) is 49.2 Å². The Hall–Kier alpha value is -0.860. The summed E-state index contributed by atoms with van der Waals surface area (Å²) in [4.78, 5) is 10.7. The molecule has 2 rings (SSSR count). The molecule has 0 bridgehead atoms. The van der Waals surface area contributed by atoms with Crippen LogP contribution in [0, 0.1) is 3.57 Å². The average molecular weight is 421 g/mol. The molecule has 7 heteroatoms. The number of hydrogen-bond acceptors (Lipinski definition) is 5. The third-order valence-corrected chi connectivity index (χ3v) is 4.03. The van der Waals surface area contributed by atoms with Gasteiger partial charge in [0.2, 0.25) is 5.28 Å². The number of hydrogen-bond donors (Lipinski definition) is 1. The van der Waals surface area contributed by atoms with Crippen LogP contribution in [0.5, 0.6) is 5.75 Å². The molecule has 1 heterocycles. The van der Waals surface area contributed by atoms with E-state index in [0.717, 1.165) is 45.6 Å². The number of halogens is 2. The molecule has 5 nitrogen and oxygen atoms in total. The van der Waals surface area contributed by atoms with Gasteiger partial charge in [-0.15, -0.1) is 0 Å². The molecule has 21 heavy (non-hydrogen) atoms. The Morgan fingerprint density at radius 1 is 1.33 bits per heavy atom. The number of nitrogens with zero attached hydrogens (tertiary/aromatic N) is 3. The van der Waals surface area contributed by atoms with Crippen molar-refractivity contribution >= 4 is 50.9 Å². The van der Waals surface area contributed by atoms with Gasteiger partial charge in [0, 0.05) is 11.9 Å². The van der Waals surface area contributed by atoms with Crippen molar-refractivity contribution in [3.63, 3.8) is 0 Å². The number of aromatic nitrogens is 2. The van der Waals surface area contributed by atoms with E-state index in [1.807, 2.05) is 12.1 Å². The van der Waals surface area contributed by atoms with Crippen LogP contribution in [0.2, 0.25) is 5.28 Å². The second-order valence-electron chi connectivity index (χ2n) is 4.93. The lowest BCUT2D eigenvalue weighted by Crippen LogP contribution is -2.16. The minimum Gasteiger partial charge on any atom is -0.496 e. The Bertz CT molecular complexity index is 636. The highest BCUT2D eigenvalue weighted by Crippen LogP contribution is 2.30. The maximum Gasteiger partial charge on any atom is 0.224 e. The van der Waals surface area contributed by atoms with E-state index in [1.54, 1.807) is 7.11 Å². The van der Waals surface area contributed by atoms with Crippen molar-refractivity contribution in [2.24, 2.45) is 0 Å². The second kappa shape index (κ2) is 7.42. The smallest absolute Gasteiger partial charge is 0.224 e. The van der Waals surface area contributed by atoms with Crippen molar-refractivity contribution in [2.45, 2.75) is 6.42 Å². The van der Waals surface area contributed by atoms with Gasteiger partial charge in [0.05, 0.1) is 16.2 Å². The first-order valence-corrected chi connectivity index (χ1v) is 8.06. The minimum atomic E-state index is 0.249. The normalized spacial score (nSPS) is 11.1. The van der Waals surface area contributed by atoms with Gasteiger partial charge in [-0.1, -0.05) is 0 Å². The minimum absolute atomic E-state index is 0.249. The fourth-order valence-electron chi connectivity index (χ4n) is 2.00. The summed E-state index contributed by atoms with van der Waals surface area (Å²) in [5.41, 5.74) is 0.815. The molecule has 114 valence electrons. The molecule has 0 amide bonds. The number of nitrogens with one attached hydrogen (secondary N) is 1. The zero-order valence-corrected chi connectivity index (χ0v) is 15.2. The largest absolute Gasteiger partial charge is 0.496 e. The van der Waals surface area contributed by atoms with Crippen LogP contribution in [0.4, 0.5) is 5.82 Å². The van der Waals surface area contributed by atoms with Crippen molar-refractivity contribution in [3.8, 4) is 5.75 Å². The van der Waals surface area contributed by atoms with Gasteiger partial charge in [0.25, 0.3) is 0 Å². The van der Waals surface area contributed by atoms with Crippen molar-refractivity contribution in [1.82, 2.24) is 14.9 Å². The predicted molar refractivity (Wildman–Crippen MR) is 95.5 cm³/mol. The molecule has 0 aliphatic carbocycles. The van der Waals surface area contributed by atoms with Gasteiger partial charge < -0.3 is 15.0 Å². The summed E-state index contributed by atoms with van der Waals surface area (Å²) < 4.78 is 6.36. The Balaban J connectivity index is 2.28. The first-order chi connectivity index (χ1) is 10.0. The van der Waals surface area contributed by atoms with Gasteiger partial charge in [-0.25, -0.2) is 9.97 Å². The summed E-state index contributed by atoms with van der Waals surface area (Å²) in [7, 11) is 5.78. The van der Waals surface area contributed by atoms with E-state index in [2.05, 4.69) is 56.9 Å². The molecule has 1 aromatic heterocycles. The zero-order chi connectivity index (χ0) is 15.4. The number of fused-ring (bicyclic) bond motifs is 1. The standard InChI is InChI=1S/C14H18ClIN4O/c1-20(2)6-4-5-17-13-9-7-12(21-3)10(16)8-11(9)18-14(15)19-13/h7-8H,4-6H2,1-3H3,(H,17,18,19). The van der Waals surface area contributed by atoms with Crippen LogP contribution < -0.4 is 10.1 Å². The average Bonchev–Trinajstić information content (AvgIpc) is 2.42. The highest BCUT2D eigenvalue weighted by atomic mass is 127. The molecule has 1 aromatic carbocycles. The predicted octanol–water partition coefficient (Wildman–Crippen LogP) is 3.26. The van der Waals surface area contributed by atoms with Crippen molar-refractivity contribution < 1.29 is 4.74 Å². The van der Waals surface area contributed by atoms with Gasteiger partial charge in [0.15, 0.2) is 0 Å². The van der Waals surface area contributed by atoms with Crippen LogP contribution in [0.3, 0.4) is 0 Å². The summed E-state index contributed by atoms with van der Waals surface area (Å²) in [5, 5.41) is 4.50. The number of ether oxygens (including phenoxy) is 1. The summed E-state index contributed by atoms with van der Waals surface area (Å²) in [6.45, 7) is 1.85.